The summed E-state index contributed by atoms with van der Waals surface area (Å²) in [5, 5.41) is 5.09. The first-order chi connectivity index (χ1) is 15.0. The average molecular weight is 453 g/mol. The number of nitrogens with zero attached hydrogens (tertiary/aromatic N) is 1. The topological polar surface area (TPSA) is 60.5 Å². The maximum absolute atomic E-state index is 11.6. The van der Waals surface area contributed by atoms with Crippen LogP contribution in [0.2, 0.25) is 10.0 Å². The van der Waals surface area contributed by atoms with Gasteiger partial charge in [0.1, 0.15) is 12.4 Å². The number of anilines is 2. The van der Waals surface area contributed by atoms with E-state index in [9.17, 15) is 4.79 Å². The molecule has 0 radical (unpaired) electrons. The molecule has 0 bridgehead atoms. The molecule has 0 saturated carbocycles. The maximum atomic E-state index is 11.6. The van der Waals surface area contributed by atoms with E-state index in [2.05, 4.69) is 10.3 Å². The zero-order valence-electron chi connectivity index (χ0n) is 16.6. The molecule has 0 atom stereocenters. The summed E-state index contributed by atoms with van der Waals surface area (Å²) in [6, 6.07) is 22.1. The minimum absolute atomic E-state index is 0.271. The average Bonchev–Trinajstić information content (AvgIpc) is 2.75. The molecule has 4 aromatic rings. The predicted octanol–water partition coefficient (Wildman–Crippen LogP) is 6.79. The number of pyridine rings is 1. The Labute approximate surface area is 189 Å². The second-order valence-corrected chi connectivity index (χ2v) is 7.57. The van der Waals surface area contributed by atoms with Crippen molar-refractivity contribution in [1.29, 1.82) is 0 Å². The zero-order valence-corrected chi connectivity index (χ0v) is 18.1. The van der Waals surface area contributed by atoms with Crippen molar-refractivity contribution in [2.45, 2.75) is 13.5 Å². The van der Waals surface area contributed by atoms with Crippen molar-refractivity contribution in [2.24, 2.45) is 0 Å². The third-order valence-corrected chi connectivity index (χ3v) is 5.10. The summed E-state index contributed by atoms with van der Waals surface area (Å²) in [7, 11) is 0. The summed E-state index contributed by atoms with van der Waals surface area (Å²) in [6.45, 7) is 1.60. The van der Waals surface area contributed by atoms with Crippen LogP contribution >= 0.6 is 23.2 Å². The quantitative estimate of drug-likeness (QED) is 0.257. The smallest absolute Gasteiger partial charge is 0.308 e. The molecule has 0 unspecified atom stereocenters. The summed E-state index contributed by atoms with van der Waals surface area (Å²) < 4.78 is 11.2. The number of carbonyl (C=O) groups is 1. The molecule has 1 N–H and O–H groups in total. The van der Waals surface area contributed by atoms with Gasteiger partial charge in [-0.05, 0) is 36.4 Å². The lowest BCUT2D eigenvalue weighted by molar-refractivity contribution is -0.131. The van der Waals surface area contributed by atoms with Crippen LogP contribution in [0.1, 0.15) is 12.6 Å². The highest BCUT2D eigenvalue weighted by atomic mass is 35.5. The highest BCUT2D eigenvalue weighted by molar-refractivity contribution is 6.39. The van der Waals surface area contributed by atoms with Crippen LogP contribution in [-0.2, 0) is 11.4 Å². The van der Waals surface area contributed by atoms with Gasteiger partial charge in [0, 0.05) is 18.4 Å². The Morgan fingerprint density at radius 2 is 1.74 bits per heavy atom. The molecule has 0 amide bonds. The van der Waals surface area contributed by atoms with E-state index in [-0.39, 0.29) is 6.61 Å². The third kappa shape index (κ3) is 5.08. The van der Waals surface area contributed by atoms with Gasteiger partial charge < -0.3 is 14.8 Å². The van der Waals surface area contributed by atoms with Crippen LogP contribution in [0.5, 0.6) is 11.5 Å². The zero-order chi connectivity index (χ0) is 21.8. The molecular formula is C24H18Cl2N2O3. The fourth-order valence-corrected chi connectivity index (χ4v) is 3.52. The van der Waals surface area contributed by atoms with E-state index >= 15 is 0 Å². The lowest BCUT2D eigenvalue weighted by Crippen LogP contribution is -2.05. The molecule has 1 heterocycles. The molecule has 5 nitrogen and oxygen atoms in total. The molecule has 1 aromatic heterocycles. The van der Waals surface area contributed by atoms with Gasteiger partial charge in [0.15, 0.2) is 5.75 Å². The van der Waals surface area contributed by atoms with Crippen LogP contribution in [-0.4, -0.2) is 11.0 Å². The first-order valence-electron chi connectivity index (χ1n) is 9.50. The minimum Gasteiger partial charge on any atom is -0.487 e. The van der Waals surface area contributed by atoms with Crippen molar-refractivity contribution in [3.63, 3.8) is 0 Å². The number of ether oxygens (including phenoxy) is 2. The van der Waals surface area contributed by atoms with Gasteiger partial charge >= 0.3 is 5.97 Å². The number of rotatable bonds is 6. The highest BCUT2D eigenvalue weighted by Crippen LogP contribution is 2.37. The van der Waals surface area contributed by atoms with Gasteiger partial charge in [0.2, 0.25) is 0 Å². The van der Waals surface area contributed by atoms with Crippen LogP contribution in [0.25, 0.3) is 10.9 Å². The number of fused-ring (bicyclic) bond motifs is 1. The van der Waals surface area contributed by atoms with Crippen molar-refractivity contribution >= 4 is 51.4 Å². The molecule has 4 rings (SSSR count). The Balaban J connectivity index is 1.56. The normalized spacial score (nSPS) is 10.7. The molecule has 0 aliphatic rings. The van der Waals surface area contributed by atoms with Crippen molar-refractivity contribution in [2.75, 3.05) is 5.32 Å². The molecule has 7 heteroatoms. The Morgan fingerprint density at radius 3 is 2.52 bits per heavy atom. The van der Waals surface area contributed by atoms with E-state index in [0.717, 1.165) is 16.6 Å². The van der Waals surface area contributed by atoms with Gasteiger partial charge in [-0.2, -0.15) is 0 Å². The predicted molar refractivity (Wildman–Crippen MR) is 124 cm³/mol. The molecule has 0 spiro atoms. The first-order valence-corrected chi connectivity index (χ1v) is 10.3. The molecule has 0 aliphatic heterocycles. The SMILES string of the molecule is CC(=O)Oc1cc(OCc2ccc3ccccc3n2)ccc1Nc1c(Cl)cccc1Cl. The Bertz CT molecular complexity index is 1240. The van der Waals surface area contributed by atoms with Crippen LogP contribution in [0.15, 0.2) is 72.8 Å². The largest absolute Gasteiger partial charge is 0.487 e. The highest BCUT2D eigenvalue weighted by Gasteiger charge is 2.13. The van der Waals surface area contributed by atoms with Crippen LogP contribution in [0.3, 0.4) is 0 Å². The fraction of sp³-hybridized carbons (Fsp3) is 0.0833. The van der Waals surface area contributed by atoms with E-state index < -0.39 is 5.97 Å². The Hall–Kier alpha value is -3.28. The van der Waals surface area contributed by atoms with Gasteiger partial charge in [-0.1, -0.05) is 53.5 Å². The number of hydrogen-bond donors (Lipinski definition) is 1. The molecule has 0 aliphatic carbocycles. The molecule has 0 saturated heterocycles. The number of carbonyl (C=O) groups excluding carboxylic acids is 1. The standard InChI is InChI=1S/C24H18Cl2N2O3/c1-15(29)31-23-13-18(11-12-22(23)28-24-19(25)6-4-7-20(24)26)30-14-17-10-9-16-5-2-3-8-21(16)27-17/h2-13,28H,14H2,1H3. The van der Waals surface area contributed by atoms with Crippen molar-refractivity contribution < 1.29 is 14.3 Å². The second-order valence-electron chi connectivity index (χ2n) is 6.76. The lowest BCUT2D eigenvalue weighted by Gasteiger charge is -2.15. The van der Waals surface area contributed by atoms with E-state index in [1.807, 2.05) is 36.4 Å². The number of benzene rings is 3. The maximum Gasteiger partial charge on any atom is 0.308 e. The van der Waals surface area contributed by atoms with E-state index in [1.165, 1.54) is 6.92 Å². The van der Waals surface area contributed by atoms with Crippen molar-refractivity contribution in [3.8, 4) is 11.5 Å². The summed E-state index contributed by atoms with van der Waals surface area (Å²) in [5.74, 6) is 0.371. The third-order valence-electron chi connectivity index (χ3n) is 4.47. The number of esters is 1. The lowest BCUT2D eigenvalue weighted by atomic mass is 10.2. The second kappa shape index (κ2) is 9.25. The summed E-state index contributed by atoms with van der Waals surface area (Å²) in [4.78, 5) is 16.2. The minimum atomic E-state index is -0.457. The number of nitrogens with one attached hydrogen (secondary N) is 1. The fourth-order valence-electron chi connectivity index (χ4n) is 3.03. The molecular weight excluding hydrogens is 435 g/mol. The van der Waals surface area contributed by atoms with Gasteiger partial charge in [-0.15, -0.1) is 0 Å². The van der Waals surface area contributed by atoms with E-state index in [1.54, 1.807) is 36.4 Å². The summed E-state index contributed by atoms with van der Waals surface area (Å²) >= 11 is 12.5. The number of halogens is 2. The number of hydrogen-bond acceptors (Lipinski definition) is 5. The van der Waals surface area contributed by atoms with Gasteiger partial charge in [-0.3, -0.25) is 4.79 Å². The molecule has 3 aromatic carbocycles. The Kier molecular flexibility index (Phi) is 6.26. The summed E-state index contributed by atoms with van der Waals surface area (Å²) in [6.07, 6.45) is 0. The van der Waals surface area contributed by atoms with Crippen LogP contribution < -0.4 is 14.8 Å². The van der Waals surface area contributed by atoms with Gasteiger partial charge in [0.25, 0.3) is 0 Å². The van der Waals surface area contributed by atoms with E-state index in [0.29, 0.717) is 32.9 Å². The first kappa shape index (κ1) is 21.0. The number of para-hydroxylation sites is 2. The summed E-state index contributed by atoms with van der Waals surface area (Å²) in [5.41, 5.74) is 2.74. The molecule has 31 heavy (non-hydrogen) atoms. The molecule has 0 fully saturated rings. The molecule has 156 valence electrons. The Morgan fingerprint density at radius 1 is 0.968 bits per heavy atom. The van der Waals surface area contributed by atoms with Gasteiger partial charge in [0.05, 0.1) is 32.6 Å². The monoisotopic (exact) mass is 452 g/mol. The van der Waals surface area contributed by atoms with Crippen molar-refractivity contribution in [3.05, 3.63) is 88.5 Å². The van der Waals surface area contributed by atoms with Crippen LogP contribution in [0.4, 0.5) is 11.4 Å². The van der Waals surface area contributed by atoms with E-state index in [4.69, 9.17) is 32.7 Å². The number of aromatic nitrogens is 1. The van der Waals surface area contributed by atoms with Crippen LogP contribution in [0, 0.1) is 0 Å². The van der Waals surface area contributed by atoms with Crippen molar-refractivity contribution in [1.82, 2.24) is 4.98 Å². The van der Waals surface area contributed by atoms with Gasteiger partial charge in [-0.25, -0.2) is 4.98 Å².